The molecule has 1 aromatic rings. The predicted molar refractivity (Wildman–Crippen MR) is 141 cm³/mol. The number of carbonyl (C=O) groups is 2. The van der Waals surface area contributed by atoms with Crippen molar-refractivity contribution in [1.29, 1.82) is 0 Å². The van der Waals surface area contributed by atoms with Gasteiger partial charge in [0.25, 0.3) is 0 Å². The second kappa shape index (κ2) is 19.8. The van der Waals surface area contributed by atoms with E-state index in [0.29, 0.717) is 13.2 Å². The fourth-order valence-corrected chi connectivity index (χ4v) is 4.48. The fraction of sp³-hybridized carbons (Fsp3) is 0.714. The molecule has 4 atom stereocenters. The van der Waals surface area contributed by atoms with Crippen molar-refractivity contribution >= 4 is 11.9 Å². The largest absolute Gasteiger partial charge is 0.490 e. The first-order valence-electron chi connectivity index (χ1n) is 13.6. The molecule has 0 saturated carbocycles. The molecular formula is C28H44F3NO7. The van der Waals surface area contributed by atoms with Gasteiger partial charge in [0.2, 0.25) is 0 Å². The summed E-state index contributed by atoms with van der Waals surface area (Å²) in [6.07, 6.45) is 5.93. The average molecular weight is 564 g/mol. The molecule has 0 amide bonds. The van der Waals surface area contributed by atoms with Crippen LogP contribution in [0.3, 0.4) is 0 Å². The predicted octanol–water partition coefficient (Wildman–Crippen LogP) is 5.24. The van der Waals surface area contributed by atoms with Crippen molar-refractivity contribution in [3.63, 3.8) is 0 Å². The van der Waals surface area contributed by atoms with Crippen LogP contribution in [-0.2, 0) is 30.2 Å². The van der Waals surface area contributed by atoms with Gasteiger partial charge in [-0.15, -0.1) is 0 Å². The van der Waals surface area contributed by atoms with Crippen LogP contribution in [0.4, 0.5) is 13.2 Å². The van der Waals surface area contributed by atoms with E-state index < -0.39 is 18.1 Å². The Bertz CT molecular complexity index is 795. The summed E-state index contributed by atoms with van der Waals surface area (Å²) in [6, 6.07) is 10.2. The van der Waals surface area contributed by atoms with Gasteiger partial charge in [-0.3, -0.25) is 10.1 Å². The van der Waals surface area contributed by atoms with Gasteiger partial charge in [-0.2, -0.15) is 13.2 Å². The quantitative estimate of drug-likeness (QED) is 0.221. The first-order chi connectivity index (χ1) is 18.6. The van der Waals surface area contributed by atoms with Crippen LogP contribution in [0.25, 0.3) is 0 Å². The summed E-state index contributed by atoms with van der Waals surface area (Å²) in [5.41, 5.74) is 1.30. The monoisotopic (exact) mass is 563 g/mol. The topological polar surface area (TPSA) is 114 Å². The normalized spacial score (nSPS) is 21.2. The molecule has 1 aliphatic rings. The molecule has 1 aromatic carbocycles. The molecule has 11 heteroatoms. The summed E-state index contributed by atoms with van der Waals surface area (Å²) in [5.74, 6) is -3.63. The van der Waals surface area contributed by atoms with Crippen molar-refractivity contribution in [3.8, 4) is 0 Å². The van der Waals surface area contributed by atoms with Gasteiger partial charge < -0.3 is 24.4 Å². The number of hydrogen-bond acceptors (Lipinski definition) is 6. The summed E-state index contributed by atoms with van der Waals surface area (Å²) in [7, 11) is 1.68. The van der Waals surface area contributed by atoms with Crippen LogP contribution >= 0.6 is 0 Å². The molecule has 2 rings (SSSR count). The van der Waals surface area contributed by atoms with E-state index in [1.54, 1.807) is 7.11 Å². The Kier molecular flexibility index (Phi) is 17.7. The summed E-state index contributed by atoms with van der Waals surface area (Å²) in [6.45, 7) is 3.23. The van der Waals surface area contributed by atoms with Gasteiger partial charge in [0, 0.05) is 13.7 Å². The van der Waals surface area contributed by atoms with Crippen LogP contribution in [0.5, 0.6) is 0 Å². The lowest BCUT2D eigenvalue weighted by molar-refractivity contribution is -0.192. The van der Waals surface area contributed by atoms with Crippen molar-refractivity contribution in [2.24, 2.45) is 0 Å². The highest BCUT2D eigenvalue weighted by molar-refractivity contribution is 5.73. The molecule has 0 unspecified atom stereocenters. The van der Waals surface area contributed by atoms with Gasteiger partial charge in [0.05, 0.1) is 25.3 Å². The Morgan fingerprint density at radius 1 is 1.03 bits per heavy atom. The average Bonchev–Trinajstić information content (AvgIpc) is 2.90. The minimum Gasteiger partial charge on any atom is -0.480 e. The van der Waals surface area contributed by atoms with Crippen LogP contribution in [0.1, 0.15) is 70.3 Å². The minimum atomic E-state index is -5.08. The number of aryl methyl sites for hydroxylation is 1. The lowest BCUT2D eigenvalue weighted by atomic mass is 9.92. The first-order valence-corrected chi connectivity index (χ1v) is 13.6. The number of nitrogens with one attached hydrogen (secondary N) is 1. The molecule has 39 heavy (non-hydrogen) atoms. The van der Waals surface area contributed by atoms with E-state index in [9.17, 15) is 23.1 Å². The van der Waals surface area contributed by atoms with Gasteiger partial charge in [-0.25, -0.2) is 4.79 Å². The van der Waals surface area contributed by atoms with E-state index in [2.05, 4.69) is 36.5 Å². The van der Waals surface area contributed by atoms with E-state index >= 15 is 0 Å². The van der Waals surface area contributed by atoms with Gasteiger partial charge in [-0.05, 0) is 24.8 Å². The lowest BCUT2D eigenvalue weighted by Crippen LogP contribution is -2.61. The third-order valence-electron chi connectivity index (χ3n) is 6.48. The third kappa shape index (κ3) is 15.2. The van der Waals surface area contributed by atoms with Crippen molar-refractivity contribution in [1.82, 2.24) is 5.32 Å². The van der Waals surface area contributed by atoms with Gasteiger partial charge in [0.15, 0.2) is 0 Å². The summed E-state index contributed by atoms with van der Waals surface area (Å²) in [4.78, 5) is 20.1. The number of ether oxygens (including phenoxy) is 3. The molecule has 224 valence electrons. The Morgan fingerprint density at radius 2 is 1.64 bits per heavy atom. The van der Waals surface area contributed by atoms with Crippen LogP contribution in [0, 0.1) is 0 Å². The summed E-state index contributed by atoms with van der Waals surface area (Å²) >= 11 is 0. The molecule has 1 heterocycles. The number of hydrogen-bond donors (Lipinski definition) is 3. The third-order valence-corrected chi connectivity index (χ3v) is 6.48. The zero-order valence-electron chi connectivity index (χ0n) is 23.0. The number of alkyl halides is 3. The van der Waals surface area contributed by atoms with Gasteiger partial charge in [0.1, 0.15) is 12.2 Å². The van der Waals surface area contributed by atoms with E-state index in [-0.39, 0.29) is 30.9 Å². The maximum atomic E-state index is 11.2. The molecule has 3 N–H and O–H groups in total. The van der Waals surface area contributed by atoms with Crippen molar-refractivity contribution < 1.29 is 47.2 Å². The smallest absolute Gasteiger partial charge is 0.480 e. The SMILES string of the molecule is CCCCCCCCC[C@@H]1OC[C@@H](OCCCc2ccccc2)[C@@H](OC)[C@@H]1NCC(=O)O.O=C(O)C(F)(F)F. The van der Waals surface area contributed by atoms with Gasteiger partial charge >= 0.3 is 18.1 Å². The number of aliphatic carboxylic acids is 2. The van der Waals surface area contributed by atoms with Crippen molar-refractivity contribution in [2.75, 3.05) is 26.9 Å². The van der Waals surface area contributed by atoms with Crippen molar-refractivity contribution in [2.45, 2.75) is 102 Å². The van der Waals surface area contributed by atoms with Gasteiger partial charge in [-0.1, -0.05) is 82.2 Å². The van der Waals surface area contributed by atoms with Crippen LogP contribution < -0.4 is 5.32 Å². The van der Waals surface area contributed by atoms with E-state index in [1.165, 1.54) is 44.1 Å². The highest BCUT2D eigenvalue weighted by Gasteiger charge is 2.41. The lowest BCUT2D eigenvalue weighted by Gasteiger charge is -2.42. The molecular weight excluding hydrogens is 519 g/mol. The maximum Gasteiger partial charge on any atom is 0.490 e. The van der Waals surface area contributed by atoms with Crippen molar-refractivity contribution in [3.05, 3.63) is 35.9 Å². The van der Waals surface area contributed by atoms with Crippen LogP contribution in [0.2, 0.25) is 0 Å². The molecule has 1 fully saturated rings. The Morgan fingerprint density at radius 3 is 2.21 bits per heavy atom. The molecule has 0 radical (unpaired) electrons. The number of carboxylic acids is 2. The Labute approximate surface area is 229 Å². The van der Waals surface area contributed by atoms with Crippen LogP contribution in [-0.4, -0.2) is 79.6 Å². The number of unbranched alkanes of at least 4 members (excludes halogenated alkanes) is 6. The number of rotatable bonds is 17. The zero-order chi connectivity index (χ0) is 29.1. The minimum absolute atomic E-state index is 0.0564. The summed E-state index contributed by atoms with van der Waals surface area (Å²) in [5, 5.41) is 19.5. The van der Waals surface area contributed by atoms with E-state index in [0.717, 1.165) is 25.7 Å². The molecule has 0 spiro atoms. The molecule has 8 nitrogen and oxygen atoms in total. The van der Waals surface area contributed by atoms with Crippen LogP contribution in [0.15, 0.2) is 30.3 Å². The highest BCUT2D eigenvalue weighted by Crippen LogP contribution is 2.25. The molecule has 1 aliphatic heterocycles. The number of carboxylic acid groups (broad SMARTS) is 2. The molecule has 0 aromatic heterocycles. The summed E-state index contributed by atoms with van der Waals surface area (Å²) < 4.78 is 49.8. The highest BCUT2D eigenvalue weighted by atomic mass is 19.4. The molecule has 0 aliphatic carbocycles. The number of benzene rings is 1. The maximum absolute atomic E-state index is 11.2. The molecule has 1 saturated heterocycles. The van der Waals surface area contributed by atoms with E-state index in [4.69, 9.17) is 24.1 Å². The van der Waals surface area contributed by atoms with E-state index in [1.807, 2.05) is 6.07 Å². The Balaban J connectivity index is 0.000000956. The number of halogens is 3. The molecule has 0 bridgehead atoms. The zero-order valence-corrected chi connectivity index (χ0v) is 23.0. The second-order valence-electron chi connectivity index (χ2n) is 9.58. The second-order valence-corrected chi connectivity index (χ2v) is 9.58. The number of methoxy groups -OCH3 is 1. The first kappa shape index (κ1) is 34.8. The standard InChI is InChI=1S/C26H43NO5.C2HF3O2/c1-3-4-5-6-7-8-12-17-22-25(27-19-24(28)29)26(30-2)23(20-32-22)31-18-13-16-21-14-10-9-11-15-21;3-2(4,5)1(6)7/h9-11,14-15,22-23,25-27H,3-8,12-13,16-20H2,1-2H3,(H,28,29);(H,6,7)/t22-,23+,25+,26+;/m0./s1. The fourth-order valence-electron chi connectivity index (χ4n) is 4.48. The Hall–Kier alpha value is -2.21.